The molecule has 4 nitrogen and oxygen atoms in total. The number of fused-ring (bicyclic) bond motifs is 2. The summed E-state index contributed by atoms with van der Waals surface area (Å²) < 4.78 is 0. The van der Waals surface area contributed by atoms with E-state index in [-0.39, 0.29) is 29.6 Å². The summed E-state index contributed by atoms with van der Waals surface area (Å²) in [7, 11) is 0. The van der Waals surface area contributed by atoms with Gasteiger partial charge in [0.15, 0.2) is 0 Å². The van der Waals surface area contributed by atoms with Crippen LogP contribution in [-0.4, -0.2) is 17.4 Å². The third kappa shape index (κ3) is 3.32. The smallest absolute Gasteiger partial charge is 0.230 e. The van der Waals surface area contributed by atoms with Gasteiger partial charge in [0, 0.05) is 22.9 Å². The minimum Gasteiger partial charge on any atom is -0.301 e. The second kappa shape index (κ2) is 7.82. The molecule has 2 aliphatic carbocycles. The summed E-state index contributed by atoms with van der Waals surface area (Å²) in [5.74, 6) is 0.0982. The SMILES string of the molecule is O=C1CC(c2ccccc2)CC2=Nc3ccccc3N(C(=O)C3CC3)C(c3cccs3)C12. The first-order valence-electron chi connectivity index (χ1n) is 11.3. The number of hydrogen-bond acceptors (Lipinski definition) is 4. The highest BCUT2D eigenvalue weighted by atomic mass is 32.1. The summed E-state index contributed by atoms with van der Waals surface area (Å²) in [6, 6.07) is 21.9. The lowest BCUT2D eigenvalue weighted by atomic mass is 9.73. The number of anilines is 1. The zero-order valence-electron chi connectivity index (χ0n) is 17.7. The van der Waals surface area contributed by atoms with Gasteiger partial charge in [-0.2, -0.15) is 0 Å². The van der Waals surface area contributed by atoms with Crippen LogP contribution in [0.2, 0.25) is 0 Å². The maximum Gasteiger partial charge on any atom is 0.230 e. The van der Waals surface area contributed by atoms with Crippen LogP contribution in [0.1, 0.15) is 48.1 Å². The van der Waals surface area contributed by atoms with Gasteiger partial charge in [-0.3, -0.25) is 14.6 Å². The molecular weight excluding hydrogens is 416 g/mol. The fraction of sp³-hybridized carbons (Fsp3) is 0.296. The number of amides is 1. The fourth-order valence-electron chi connectivity index (χ4n) is 5.19. The number of rotatable bonds is 3. The Balaban J connectivity index is 1.51. The van der Waals surface area contributed by atoms with Gasteiger partial charge in [-0.05, 0) is 54.3 Å². The van der Waals surface area contributed by atoms with Crippen LogP contribution < -0.4 is 4.90 Å². The van der Waals surface area contributed by atoms with Gasteiger partial charge < -0.3 is 4.90 Å². The summed E-state index contributed by atoms with van der Waals surface area (Å²) >= 11 is 1.62. The average molecular weight is 441 g/mol. The van der Waals surface area contributed by atoms with Crippen molar-refractivity contribution in [3.05, 3.63) is 82.6 Å². The molecule has 0 spiro atoms. The molecule has 6 rings (SSSR count). The number of carbonyl (C=O) groups is 2. The number of aliphatic imine (C=N–C) groups is 1. The van der Waals surface area contributed by atoms with Gasteiger partial charge in [0.2, 0.25) is 5.91 Å². The van der Waals surface area contributed by atoms with Crippen molar-refractivity contribution < 1.29 is 9.59 Å². The van der Waals surface area contributed by atoms with E-state index in [0.717, 1.165) is 41.2 Å². The first-order valence-corrected chi connectivity index (χ1v) is 12.2. The Labute approximate surface area is 191 Å². The van der Waals surface area contributed by atoms with Crippen LogP contribution in [0.3, 0.4) is 0 Å². The van der Waals surface area contributed by atoms with E-state index in [0.29, 0.717) is 6.42 Å². The standard InChI is InChI=1S/C27H24N2O2S/c30-23-16-19(17-7-2-1-3-8-17)15-21-25(23)26(24-11-6-14-32-24)29(27(31)18-12-13-18)22-10-5-4-9-20(22)28-21/h1-11,14,18-19,25-26H,12-13,15-16H2. The van der Waals surface area contributed by atoms with Crippen LogP contribution in [0.4, 0.5) is 11.4 Å². The van der Waals surface area contributed by atoms with Crippen molar-refractivity contribution in [1.29, 1.82) is 0 Å². The van der Waals surface area contributed by atoms with Crippen molar-refractivity contribution in [2.75, 3.05) is 4.90 Å². The second-order valence-electron chi connectivity index (χ2n) is 8.99. The van der Waals surface area contributed by atoms with Crippen LogP contribution in [-0.2, 0) is 9.59 Å². The van der Waals surface area contributed by atoms with Gasteiger partial charge in [-0.1, -0.05) is 48.5 Å². The number of hydrogen-bond donors (Lipinski definition) is 0. The summed E-state index contributed by atoms with van der Waals surface area (Å²) in [6.07, 6.45) is 3.08. The number of benzene rings is 2. The van der Waals surface area contributed by atoms with Crippen LogP contribution in [0.15, 0.2) is 77.1 Å². The van der Waals surface area contributed by atoms with Crippen molar-refractivity contribution in [1.82, 2.24) is 0 Å². The number of para-hydroxylation sites is 2. The summed E-state index contributed by atoms with van der Waals surface area (Å²) in [6.45, 7) is 0. The fourth-order valence-corrected chi connectivity index (χ4v) is 6.04. The highest BCUT2D eigenvalue weighted by Gasteiger charge is 2.48. The maximum absolute atomic E-state index is 13.8. The Morgan fingerprint density at radius 2 is 1.72 bits per heavy atom. The molecule has 5 heteroatoms. The van der Waals surface area contributed by atoms with E-state index in [1.807, 2.05) is 58.8 Å². The lowest BCUT2D eigenvalue weighted by Crippen LogP contribution is -2.45. The second-order valence-corrected chi connectivity index (χ2v) is 9.97. The van der Waals surface area contributed by atoms with E-state index in [1.54, 1.807) is 11.3 Å². The molecule has 1 amide bonds. The molecule has 1 aromatic heterocycles. The summed E-state index contributed by atoms with van der Waals surface area (Å²) in [5, 5.41) is 2.03. The Hall–Kier alpha value is -3.05. The molecular formula is C27H24N2O2S. The quantitative estimate of drug-likeness (QED) is 0.495. The van der Waals surface area contributed by atoms with Gasteiger partial charge in [0.1, 0.15) is 5.78 Å². The zero-order chi connectivity index (χ0) is 21.7. The van der Waals surface area contributed by atoms with Crippen molar-refractivity contribution in [2.45, 2.75) is 37.6 Å². The number of carbonyl (C=O) groups excluding carboxylic acids is 2. The van der Waals surface area contributed by atoms with Crippen LogP contribution in [0.5, 0.6) is 0 Å². The molecule has 0 radical (unpaired) electrons. The Morgan fingerprint density at radius 1 is 0.938 bits per heavy atom. The molecule has 0 saturated heterocycles. The van der Waals surface area contributed by atoms with Gasteiger partial charge in [-0.25, -0.2) is 0 Å². The van der Waals surface area contributed by atoms with Crippen LogP contribution in [0, 0.1) is 11.8 Å². The molecule has 3 atom stereocenters. The van der Waals surface area contributed by atoms with E-state index < -0.39 is 5.92 Å². The van der Waals surface area contributed by atoms with E-state index in [2.05, 4.69) is 18.2 Å². The highest BCUT2D eigenvalue weighted by molar-refractivity contribution is 7.10. The molecule has 3 aliphatic rings. The minimum atomic E-state index is -0.399. The number of ketones is 1. The number of nitrogens with zero attached hydrogens (tertiary/aromatic N) is 2. The van der Waals surface area contributed by atoms with Gasteiger partial charge in [0.25, 0.3) is 0 Å². The summed E-state index contributed by atoms with van der Waals surface area (Å²) in [5.41, 5.74) is 3.71. The topological polar surface area (TPSA) is 49.7 Å². The molecule has 3 aromatic rings. The Kier molecular flexibility index (Phi) is 4.80. The maximum atomic E-state index is 13.8. The lowest BCUT2D eigenvalue weighted by molar-refractivity contribution is -0.123. The molecule has 32 heavy (non-hydrogen) atoms. The molecule has 0 N–H and O–H groups in total. The lowest BCUT2D eigenvalue weighted by Gasteiger charge is -2.38. The third-order valence-electron chi connectivity index (χ3n) is 6.88. The van der Waals surface area contributed by atoms with E-state index in [1.165, 1.54) is 5.56 Å². The molecule has 2 fully saturated rings. The predicted molar refractivity (Wildman–Crippen MR) is 128 cm³/mol. The first-order chi connectivity index (χ1) is 15.7. The molecule has 3 unspecified atom stereocenters. The molecule has 0 bridgehead atoms. The van der Waals surface area contributed by atoms with Gasteiger partial charge >= 0.3 is 0 Å². The minimum absolute atomic E-state index is 0.0582. The molecule has 1 aliphatic heterocycles. The number of thiophene rings is 1. The monoisotopic (exact) mass is 440 g/mol. The highest BCUT2D eigenvalue weighted by Crippen LogP contribution is 2.49. The summed E-state index contributed by atoms with van der Waals surface area (Å²) in [4.78, 5) is 35.4. The third-order valence-corrected chi connectivity index (χ3v) is 7.82. The van der Waals surface area contributed by atoms with Crippen molar-refractivity contribution in [3.8, 4) is 0 Å². The molecule has 160 valence electrons. The van der Waals surface area contributed by atoms with Crippen molar-refractivity contribution >= 4 is 40.1 Å². The Morgan fingerprint density at radius 3 is 2.47 bits per heavy atom. The predicted octanol–water partition coefficient (Wildman–Crippen LogP) is 6.08. The van der Waals surface area contributed by atoms with Crippen LogP contribution >= 0.6 is 11.3 Å². The zero-order valence-corrected chi connectivity index (χ0v) is 18.5. The van der Waals surface area contributed by atoms with E-state index >= 15 is 0 Å². The van der Waals surface area contributed by atoms with Crippen molar-refractivity contribution in [3.63, 3.8) is 0 Å². The normalized spacial score (nSPS) is 24.9. The van der Waals surface area contributed by atoms with E-state index in [9.17, 15) is 9.59 Å². The molecule has 2 heterocycles. The molecule has 2 aromatic carbocycles. The van der Waals surface area contributed by atoms with Gasteiger partial charge in [0.05, 0.1) is 23.3 Å². The average Bonchev–Trinajstić information content (AvgIpc) is 3.56. The first kappa shape index (κ1) is 19.6. The Bertz CT molecular complexity index is 1200. The van der Waals surface area contributed by atoms with Crippen LogP contribution in [0.25, 0.3) is 0 Å². The largest absolute Gasteiger partial charge is 0.301 e. The van der Waals surface area contributed by atoms with E-state index in [4.69, 9.17) is 4.99 Å². The van der Waals surface area contributed by atoms with Gasteiger partial charge in [-0.15, -0.1) is 11.3 Å². The molecule has 2 saturated carbocycles. The van der Waals surface area contributed by atoms with Crippen molar-refractivity contribution in [2.24, 2.45) is 16.8 Å². The number of Topliss-reactive ketones (excluding diaryl/α,β-unsaturated/α-hetero) is 1.